The van der Waals surface area contributed by atoms with Crippen LogP contribution in [0.4, 0.5) is 5.69 Å². The van der Waals surface area contributed by atoms with Gasteiger partial charge in [0.15, 0.2) is 5.78 Å². The van der Waals surface area contributed by atoms with Crippen molar-refractivity contribution in [1.29, 1.82) is 0 Å². The number of nitrogens with zero attached hydrogens (tertiary/aromatic N) is 2. The largest absolute Gasteiger partial charge is 0.378 e. The van der Waals surface area contributed by atoms with E-state index in [1.165, 1.54) is 0 Å². The maximum atomic E-state index is 13.3. The van der Waals surface area contributed by atoms with E-state index in [-0.39, 0.29) is 5.78 Å². The molecule has 136 valence electrons. The Bertz CT molecular complexity index is 590. The lowest BCUT2D eigenvalue weighted by atomic mass is 9.82. The molecule has 0 aromatic heterocycles. The second kappa shape index (κ2) is 8.97. The summed E-state index contributed by atoms with van der Waals surface area (Å²) in [7, 11) is 1.98. The molecule has 1 fully saturated rings. The fourth-order valence-corrected chi connectivity index (χ4v) is 3.52. The highest BCUT2D eigenvalue weighted by Gasteiger charge is 2.39. The van der Waals surface area contributed by atoms with Crippen LogP contribution < -0.4 is 4.90 Å². The molecular formula is C21H30N2O2. The second-order valence-electron chi connectivity index (χ2n) is 6.52. The molecule has 0 spiro atoms. The highest BCUT2D eigenvalue weighted by atomic mass is 16.5. The zero-order valence-electron chi connectivity index (χ0n) is 15.5. The van der Waals surface area contributed by atoms with Crippen LogP contribution in [-0.2, 0) is 4.74 Å². The molecule has 1 unspecified atom stereocenters. The number of Topliss-reactive ketones (excluding diaryl/α,β-unsaturated/α-hetero) is 1. The number of hydrogen-bond acceptors (Lipinski definition) is 4. The summed E-state index contributed by atoms with van der Waals surface area (Å²) in [6, 6.07) is 7.98. The third-order valence-electron chi connectivity index (χ3n) is 5.13. The van der Waals surface area contributed by atoms with Crippen LogP contribution in [0.25, 0.3) is 0 Å². The first-order valence-corrected chi connectivity index (χ1v) is 8.99. The van der Waals surface area contributed by atoms with Crippen molar-refractivity contribution >= 4 is 11.5 Å². The maximum Gasteiger partial charge on any atom is 0.183 e. The molecule has 2 rings (SSSR count). The lowest BCUT2D eigenvalue weighted by Crippen LogP contribution is -2.52. The Kier molecular flexibility index (Phi) is 6.97. The van der Waals surface area contributed by atoms with Crippen LogP contribution in [0.1, 0.15) is 30.1 Å². The van der Waals surface area contributed by atoms with E-state index in [2.05, 4.69) is 29.9 Å². The number of anilines is 1. The zero-order chi connectivity index (χ0) is 18.3. The average molecular weight is 342 g/mol. The summed E-state index contributed by atoms with van der Waals surface area (Å²) in [6.07, 6.45) is 5.02. The van der Waals surface area contributed by atoms with Gasteiger partial charge in [-0.15, -0.1) is 13.2 Å². The van der Waals surface area contributed by atoms with Crippen molar-refractivity contribution < 1.29 is 9.53 Å². The zero-order valence-corrected chi connectivity index (χ0v) is 15.5. The van der Waals surface area contributed by atoms with E-state index in [1.807, 2.05) is 43.5 Å². The topological polar surface area (TPSA) is 32.8 Å². The normalized spacial score (nSPS) is 17.2. The van der Waals surface area contributed by atoms with E-state index in [0.717, 1.165) is 44.0 Å². The van der Waals surface area contributed by atoms with Gasteiger partial charge in [-0.3, -0.25) is 9.69 Å². The van der Waals surface area contributed by atoms with Gasteiger partial charge in [-0.1, -0.05) is 19.1 Å². The van der Waals surface area contributed by atoms with Crippen LogP contribution in [-0.4, -0.2) is 56.1 Å². The smallest absolute Gasteiger partial charge is 0.183 e. The molecule has 1 saturated heterocycles. The van der Waals surface area contributed by atoms with E-state index in [4.69, 9.17) is 4.74 Å². The summed E-state index contributed by atoms with van der Waals surface area (Å²) < 4.78 is 5.40. The van der Waals surface area contributed by atoms with Crippen molar-refractivity contribution in [2.75, 3.05) is 44.8 Å². The van der Waals surface area contributed by atoms with Gasteiger partial charge >= 0.3 is 0 Å². The lowest BCUT2D eigenvalue weighted by Gasteiger charge is -2.39. The second-order valence-corrected chi connectivity index (χ2v) is 6.52. The van der Waals surface area contributed by atoms with Crippen LogP contribution in [0, 0.1) is 0 Å². The number of ketones is 1. The van der Waals surface area contributed by atoms with E-state index in [9.17, 15) is 4.79 Å². The maximum absolute atomic E-state index is 13.3. The third-order valence-corrected chi connectivity index (χ3v) is 5.13. The van der Waals surface area contributed by atoms with Crippen LogP contribution in [0.15, 0.2) is 49.6 Å². The number of carbonyl (C=O) groups is 1. The lowest BCUT2D eigenvalue weighted by molar-refractivity contribution is 0.0639. The third kappa shape index (κ3) is 4.20. The van der Waals surface area contributed by atoms with Gasteiger partial charge in [0.05, 0.1) is 18.8 Å². The van der Waals surface area contributed by atoms with Crippen LogP contribution in [0.5, 0.6) is 0 Å². The minimum absolute atomic E-state index is 0.146. The van der Waals surface area contributed by atoms with Gasteiger partial charge in [0.2, 0.25) is 0 Å². The van der Waals surface area contributed by atoms with Gasteiger partial charge in [-0.05, 0) is 44.2 Å². The Balaban J connectivity index is 2.25. The first kappa shape index (κ1) is 19.4. The molecule has 0 N–H and O–H groups in total. The minimum Gasteiger partial charge on any atom is -0.378 e. The number of morpholine rings is 1. The SMILES string of the molecule is C=CCN(C)C(CC)(CC=C)C(=O)c1ccc(N2CCOCC2)cc1. The first-order valence-electron chi connectivity index (χ1n) is 8.99. The van der Waals surface area contributed by atoms with Crippen molar-refractivity contribution in [3.8, 4) is 0 Å². The monoisotopic (exact) mass is 342 g/mol. The van der Waals surface area contributed by atoms with Gasteiger partial charge in [0, 0.05) is 30.9 Å². The number of likely N-dealkylation sites (N-methyl/N-ethyl adjacent to an activating group) is 1. The Morgan fingerprint density at radius 2 is 1.88 bits per heavy atom. The summed E-state index contributed by atoms with van der Waals surface area (Å²) in [5, 5.41) is 0. The molecule has 1 aromatic rings. The van der Waals surface area contributed by atoms with Crippen LogP contribution >= 0.6 is 0 Å². The fourth-order valence-electron chi connectivity index (χ4n) is 3.52. The molecule has 4 heteroatoms. The van der Waals surface area contributed by atoms with Crippen molar-refractivity contribution in [3.05, 3.63) is 55.1 Å². The van der Waals surface area contributed by atoms with E-state index in [1.54, 1.807) is 0 Å². The standard InChI is InChI=1S/C21H30N2O2/c1-5-12-21(7-3,22(4)13-6-2)20(24)18-8-10-19(11-9-18)23-14-16-25-17-15-23/h5-6,8-11H,1-2,7,12-17H2,3-4H3. The molecule has 1 atom stereocenters. The minimum atomic E-state index is -0.573. The Morgan fingerprint density at radius 1 is 1.24 bits per heavy atom. The Hall–Kier alpha value is -1.91. The predicted octanol–water partition coefficient (Wildman–Crippen LogP) is 3.55. The van der Waals surface area contributed by atoms with Crippen LogP contribution in [0.3, 0.4) is 0 Å². The Labute approximate surface area is 151 Å². The molecule has 4 nitrogen and oxygen atoms in total. The number of hydrogen-bond donors (Lipinski definition) is 0. The molecule has 1 aliphatic rings. The highest BCUT2D eigenvalue weighted by Crippen LogP contribution is 2.29. The predicted molar refractivity (Wildman–Crippen MR) is 104 cm³/mol. The number of rotatable bonds is 9. The molecule has 25 heavy (non-hydrogen) atoms. The van der Waals surface area contributed by atoms with Crippen molar-refractivity contribution in [1.82, 2.24) is 4.90 Å². The summed E-state index contributed by atoms with van der Waals surface area (Å²) in [5.74, 6) is 0.146. The van der Waals surface area contributed by atoms with E-state index < -0.39 is 5.54 Å². The molecule has 0 radical (unpaired) electrons. The van der Waals surface area contributed by atoms with Crippen molar-refractivity contribution in [2.45, 2.75) is 25.3 Å². The fraction of sp³-hybridized carbons (Fsp3) is 0.476. The molecule has 1 aliphatic heterocycles. The molecular weight excluding hydrogens is 312 g/mol. The van der Waals surface area contributed by atoms with Crippen molar-refractivity contribution in [2.24, 2.45) is 0 Å². The molecule has 0 saturated carbocycles. The summed E-state index contributed by atoms with van der Waals surface area (Å²) in [5.41, 5.74) is 1.32. The average Bonchev–Trinajstić information content (AvgIpc) is 2.66. The van der Waals surface area contributed by atoms with Crippen LogP contribution in [0.2, 0.25) is 0 Å². The molecule has 0 aliphatic carbocycles. The van der Waals surface area contributed by atoms with E-state index in [0.29, 0.717) is 13.0 Å². The highest BCUT2D eigenvalue weighted by molar-refractivity contribution is 6.03. The molecule has 1 heterocycles. The van der Waals surface area contributed by atoms with E-state index >= 15 is 0 Å². The van der Waals surface area contributed by atoms with Crippen molar-refractivity contribution in [3.63, 3.8) is 0 Å². The van der Waals surface area contributed by atoms with Gasteiger partial charge in [-0.25, -0.2) is 0 Å². The number of ether oxygens (including phenoxy) is 1. The van der Waals surface area contributed by atoms with Gasteiger partial charge in [0.1, 0.15) is 0 Å². The Morgan fingerprint density at radius 3 is 2.40 bits per heavy atom. The molecule has 0 amide bonds. The van der Waals surface area contributed by atoms with Gasteiger partial charge in [-0.2, -0.15) is 0 Å². The molecule has 0 bridgehead atoms. The summed E-state index contributed by atoms with van der Waals surface area (Å²) >= 11 is 0. The van der Waals surface area contributed by atoms with Gasteiger partial charge in [0.25, 0.3) is 0 Å². The van der Waals surface area contributed by atoms with Gasteiger partial charge < -0.3 is 9.64 Å². The quantitative estimate of drug-likeness (QED) is 0.507. The summed E-state index contributed by atoms with van der Waals surface area (Å²) in [6.45, 7) is 13.7. The number of benzene rings is 1. The summed E-state index contributed by atoms with van der Waals surface area (Å²) in [4.78, 5) is 17.7. The first-order chi connectivity index (χ1) is 12.1. The number of carbonyl (C=O) groups excluding carboxylic acids is 1. The molecule has 1 aromatic carbocycles.